The Morgan fingerprint density at radius 3 is 2.26 bits per heavy atom. The van der Waals surface area contributed by atoms with Gasteiger partial charge >= 0.3 is 0 Å². The molecule has 112 valence electrons. The van der Waals surface area contributed by atoms with Crippen LogP contribution in [-0.4, -0.2) is 34.8 Å². The molecule has 1 saturated carbocycles. The number of hydrogen-bond donors (Lipinski definition) is 2. The van der Waals surface area contributed by atoms with Crippen LogP contribution in [0, 0.1) is 10.8 Å². The summed E-state index contributed by atoms with van der Waals surface area (Å²) in [6.07, 6.45) is 5.44. The van der Waals surface area contributed by atoms with Crippen LogP contribution in [0.1, 0.15) is 59.8 Å². The molecular weight excluding hydrogens is 254 g/mol. The second-order valence-electron chi connectivity index (χ2n) is 8.35. The van der Waals surface area contributed by atoms with Crippen LogP contribution in [0.3, 0.4) is 0 Å². The highest BCUT2D eigenvalue weighted by Gasteiger charge is 2.37. The molecule has 1 heterocycles. The van der Waals surface area contributed by atoms with Crippen LogP contribution in [-0.2, 0) is 0 Å². The lowest BCUT2D eigenvalue weighted by molar-refractivity contribution is -0.0263. The summed E-state index contributed by atoms with van der Waals surface area (Å²) in [5.41, 5.74) is 0.411. The third-order valence-electron chi connectivity index (χ3n) is 4.86. The topological polar surface area (TPSA) is 32.3 Å². The van der Waals surface area contributed by atoms with E-state index in [-0.39, 0.29) is 0 Å². The van der Waals surface area contributed by atoms with Gasteiger partial charge in [0.05, 0.1) is 5.60 Å². The molecule has 1 aliphatic heterocycles. The van der Waals surface area contributed by atoms with Crippen molar-refractivity contribution in [3.63, 3.8) is 0 Å². The molecule has 0 spiro atoms. The number of rotatable bonds is 3. The highest BCUT2D eigenvalue weighted by Crippen LogP contribution is 2.40. The number of aliphatic hydroxyl groups is 1. The van der Waals surface area contributed by atoms with Crippen molar-refractivity contribution >= 4 is 11.8 Å². The lowest BCUT2D eigenvalue weighted by atomic mass is 9.71. The van der Waals surface area contributed by atoms with E-state index in [0.717, 1.165) is 32.2 Å². The van der Waals surface area contributed by atoms with Gasteiger partial charge in [-0.1, -0.05) is 27.7 Å². The standard InChI is InChI=1S/C16H31NOS/c1-14(2)5-7-16(18,8-6-14)11-17-13-9-15(3,4)12-19-10-13/h13,17-18H,5-12H2,1-4H3. The Morgan fingerprint density at radius 1 is 1.05 bits per heavy atom. The van der Waals surface area contributed by atoms with Crippen LogP contribution < -0.4 is 5.32 Å². The molecular formula is C16H31NOS. The molecule has 19 heavy (non-hydrogen) atoms. The molecule has 0 radical (unpaired) electrons. The monoisotopic (exact) mass is 285 g/mol. The molecule has 0 aromatic carbocycles. The van der Waals surface area contributed by atoms with Crippen molar-refractivity contribution in [2.75, 3.05) is 18.1 Å². The van der Waals surface area contributed by atoms with Crippen molar-refractivity contribution < 1.29 is 5.11 Å². The summed E-state index contributed by atoms with van der Waals surface area (Å²) in [5, 5.41) is 14.3. The molecule has 1 aliphatic carbocycles. The highest BCUT2D eigenvalue weighted by atomic mass is 32.2. The Kier molecular flexibility index (Phi) is 4.59. The molecule has 0 aromatic rings. The zero-order valence-corrected chi connectivity index (χ0v) is 13.9. The molecule has 3 heteroatoms. The van der Waals surface area contributed by atoms with Gasteiger partial charge in [0.1, 0.15) is 0 Å². The highest BCUT2D eigenvalue weighted by molar-refractivity contribution is 7.99. The Bertz CT molecular complexity index is 304. The average molecular weight is 285 g/mol. The van der Waals surface area contributed by atoms with E-state index in [1.807, 2.05) is 0 Å². The minimum atomic E-state index is -0.457. The molecule has 0 amide bonds. The first kappa shape index (κ1) is 15.7. The van der Waals surface area contributed by atoms with E-state index in [4.69, 9.17) is 0 Å². The minimum Gasteiger partial charge on any atom is -0.389 e. The Morgan fingerprint density at radius 2 is 1.68 bits per heavy atom. The normalized spacial score (nSPS) is 33.0. The van der Waals surface area contributed by atoms with Crippen molar-refractivity contribution in [1.82, 2.24) is 5.32 Å². The fourth-order valence-electron chi connectivity index (χ4n) is 3.30. The van der Waals surface area contributed by atoms with Gasteiger partial charge in [-0.25, -0.2) is 0 Å². The molecule has 2 rings (SSSR count). The van der Waals surface area contributed by atoms with Crippen molar-refractivity contribution in [1.29, 1.82) is 0 Å². The zero-order valence-electron chi connectivity index (χ0n) is 13.1. The molecule has 0 aromatic heterocycles. The SMILES string of the molecule is CC1(C)CCC(O)(CNC2CSCC(C)(C)C2)CC1. The number of thioether (sulfide) groups is 1. The van der Waals surface area contributed by atoms with Crippen LogP contribution in [0.4, 0.5) is 0 Å². The van der Waals surface area contributed by atoms with E-state index < -0.39 is 5.60 Å². The van der Waals surface area contributed by atoms with Crippen molar-refractivity contribution in [2.45, 2.75) is 71.4 Å². The Labute approximate surface area is 123 Å². The lowest BCUT2D eigenvalue weighted by Gasteiger charge is -2.42. The maximum atomic E-state index is 10.7. The first-order valence-corrected chi connectivity index (χ1v) is 8.89. The van der Waals surface area contributed by atoms with E-state index in [9.17, 15) is 5.11 Å². The van der Waals surface area contributed by atoms with Gasteiger partial charge in [0.25, 0.3) is 0 Å². The largest absolute Gasteiger partial charge is 0.389 e. The van der Waals surface area contributed by atoms with Gasteiger partial charge in [-0.15, -0.1) is 0 Å². The van der Waals surface area contributed by atoms with Crippen molar-refractivity contribution in [2.24, 2.45) is 10.8 Å². The van der Waals surface area contributed by atoms with Gasteiger partial charge in [-0.3, -0.25) is 0 Å². The summed E-state index contributed by atoms with van der Waals surface area (Å²) in [6, 6.07) is 0.577. The first-order chi connectivity index (χ1) is 8.70. The summed E-state index contributed by atoms with van der Waals surface area (Å²) in [7, 11) is 0. The predicted octanol–water partition coefficient (Wildman–Crippen LogP) is 3.44. The van der Waals surface area contributed by atoms with Crippen LogP contribution in [0.15, 0.2) is 0 Å². The van der Waals surface area contributed by atoms with Crippen LogP contribution in [0.5, 0.6) is 0 Å². The summed E-state index contributed by atoms with van der Waals surface area (Å²) in [5.74, 6) is 2.47. The van der Waals surface area contributed by atoms with Crippen LogP contribution in [0.2, 0.25) is 0 Å². The van der Waals surface area contributed by atoms with E-state index in [0.29, 0.717) is 16.9 Å². The second kappa shape index (κ2) is 5.57. The molecule has 1 saturated heterocycles. The summed E-state index contributed by atoms with van der Waals surface area (Å²) in [6.45, 7) is 10.1. The second-order valence-corrected chi connectivity index (χ2v) is 9.38. The van der Waals surface area contributed by atoms with E-state index >= 15 is 0 Å². The minimum absolute atomic E-state index is 0.426. The fourth-order valence-corrected chi connectivity index (χ4v) is 4.61. The molecule has 1 atom stereocenters. The third kappa shape index (κ3) is 4.64. The molecule has 2 fully saturated rings. The fraction of sp³-hybridized carbons (Fsp3) is 1.00. The maximum absolute atomic E-state index is 10.7. The summed E-state index contributed by atoms with van der Waals surface area (Å²) < 4.78 is 0. The van der Waals surface area contributed by atoms with Gasteiger partial charge in [-0.2, -0.15) is 11.8 Å². The summed E-state index contributed by atoms with van der Waals surface area (Å²) >= 11 is 2.05. The maximum Gasteiger partial charge on any atom is 0.0772 e. The molecule has 2 N–H and O–H groups in total. The van der Waals surface area contributed by atoms with Gasteiger partial charge in [0.15, 0.2) is 0 Å². The van der Waals surface area contributed by atoms with Gasteiger partial charge in [0, 0.05) is 18.3 Å². The van der Waals surface area contributed by atoms with Gasteiger partial charge in [-0.05, 0) is 48.7 Å². The average Bonchev–Trinajstić information content (AvgIpc) is 2.30. The number of nitrogens with one attached hydrogen (secondary N) is 1. The van der Waals surface area contributed by atoms with E-state index in [1.165, 1.54) is 17.9 Å². The van der Waals surface area contributed by atoms with E-state index in [2.05, 4.69) is 44.8 Å². The van der Waals surface area contributed by atoms with Crippen molar-refractivity contribution in [3.05, 3.63) is 0 Å². The predicted molar refractivity (Wildman–Crippen MR) is 84.7 cm³/mol. The Hall–Kier alpha value is 0.270. The number of hydrogen-bond acceptors (Lipinski definition) is 3. The zero-order chi connectivity index (χ0) is 14.1. The van der Waals surface area contributed by atoms with Gasteiger partial charge < -0.3 is 10.4 Å². The molecule has 1 unspecified atom stereocenters. The molecule has 2 nitrogen and oxygen atoms in total. The Balaban J connectivity index is 1.79. The quantitative estimate of drug-likeness (QED) is 0.833. The first-order valence-electron chi connectivity index (χ1n) is 7.73. The van der Waals surface area contributed by atoms with E-state index in [1.54, 1.807) is 0 Å². The van der Waals surface area contributed by atoms with Gasteiger partial charge in [0.2, 0.25) is 0 Å². The van der Waals surface area contributed by atoms with Crippen LogP contribution >= 0.6 is 11.8 Å². The lowest BCUT2D eigenvalue weighted by Crippen LogP contribution is -2.50. The molecule has 2 aliphatic rings. The molecule has 0 bridgehead atoms. The summed E-state index contributed by atoms with van der Waals surface area (Å²) in [4.78, 5) is 0. The van der Waals surface area contributed by atoms with Crippen LogP contribution in [0.25, 0.3) is 0 Å². The van der Waals surface area contributed by atoms with Crippen molar-refractivity contribution in [3.8, 4) is 0 Å². The smallest absolute Gasteiger partial charge is 0.0772 e. The third-order valence-corrected chi connectivity index (χ3v) is 6.49.